The van der Waals surface area contributed by atoms with Crippen molar-refractivity contribution in [2.24, 2.45) is 0 Å². The average molecular weight is 425 g/mol. The smallest absolute Gasteiger partial charge is 0.198 e. The molecule has 3 unspecified atom stereocenters. The first-order valence-electron chi connectivity index (χ1n) is 7.55. The van der Waals surface area contributed by atoms with Gasteiger partial charge < -0.3 is 40.9 Å². The highest BCUT2D eigenvalue weighted by molar-refractivity contribution is 7.97. The molecular weight excluding hydrogens is 400 g/mol. The Balaban J connectivity index is 2.81. The summed E-state index contributed by atoms with van der Waals surface area (Å²) >= 11 is 0.0278. The maximum absolute atomic E-state index is 10.4. The third kappa shape index (κ3) is 6.39. The van der Waals surface area contributed by atoms with Gasteiger partial charge in [-0.05, 0) is 0 Å². The van der Waals surface area contributed by atoms with E-state index >= 15 is 0 Å². The second kappa shape index (κ2) is 11.9. The van der Waals surface area contributed by atoms with Crippen LogP contribution in [0.1, 0.15) is 0 Å². The minimum Gasteiger partial charge on any atom is -0.394 e. The lowest BCUT2D eigenvalue weighted by molar-refractivity contribution is -0.434. The quantitative estimate of drug-likeness (QED) is 0.0475. The minimum atomic E-state index is -1.88. The number of aliphatic hydroxyl groups is 8. The molecule has 0 aromatic rings. The van der Waals surface area contributed by atoms with E-state index < -0.39 is 72.1 Å². The summed E-state index contributed by atoms with van der Waals surface area (Å²) in [6.07, 6.45) is -10.8. The molecule has 0 bridgehead atoms. The van der Waals surface area contributed by atoms with E-state index in [2.05, 4.69) is 9.37 Å². The van der Waals surface area contributed by atoms with Crippen LogP contribution >= 0.6 is 12.3 Å². The maximum atomic E-state index is 10.4. The van der Waals surface area contributed by atoms with Gasteiger partial charge in [-0.25, -0.2) is 5.26 Å². The molecule has 9 atom stereocenters. The van der Waals surface area contributed by atoms with E-state index in [0.29, 0.717) is 0 Å². The molecule has 12 nitrogen and oxygen atoms in total. The highest BCUT2D eigenvalue weighted by Gasteiger charge is 2.51. The number of aliphatic hydroxyl groups excluding tert-OH is 8. The van der Waals surface area contributed by atoms with Crippen molar-refractivity contribution in [1.82, 2.24) is 0 Å². The van der Waals surface area contributed by atoms with Gasteiger partial charge in [0.25, 0.3) is 0 Å². The lowest BCUT2D eigenvalue weighted by Crippen LogP contribution is -2.52. The van der Waals surface area contributed by atoms with Crippen LogP contribution in [0.3, 0.4) is 0 Å². The molecule has 0 saturated carbocycles. The van der Waals surface area contributed by atoms with Crippen LogP contribution < -0.4 is 0 Å². The van der Waals surface area contributed by atoms with Crippen LogP contribution in [0, 0.1) is 0 Å². The Morgan fingerprint density at radius 3 is 2.23 bits per heavy atom. The normalized spacial score (nSPS) is 32.2. The second-order valence-electron chi connectivity index (χ2n) is 5.72. The summed E-state index contributed by atoms with van der Waals surface area (Å²) in [7, 11) is -0.841. The first-order valence-corrected chi connectivity index (χ1v) is 9.84. The molecule has 1 aliphatic rings. The molecule has 0 aliphatic carbocycles. The van der Waals surface area contributed by atoms with E-state index in [9.17, 15) is 35.7 Å². The molecule has 0 amide bonds. The zero-order valence-corrected chi connectivity index (χ0v) is 15.1. The highest BCUT2D eigenvalue weighted by Crippen LogP contribution is 2.27. The van der Waals surface area contributed by atoms with Crippen LogP contribution in [0.25, 0.3) is 0 Å². The van der Waals surface area contributed by atoms with Gasteiger partial charge >= 0.3 is 0 Å². The molecule has 1 aliphatic heterocycles. The Morgan fingerprint density at radius 2 is 1.69 bits per heavy atom. The van der Waals surface area contributed by atoms with Crippen LogP contribution in [0.5, 0.6) is 0 Å². The van der Waals surface area contributed by atoms with Crippen molar-refractivity contribution in [3.05, 3.63) is 0 Å². The van der Waals surface area contributed by atoms with Gasteiger partial charge in [0.1, 0.15) is 54.2 Å². The molecule has 1 rings (SSSR count). The summed E-state index contributed by atoms with van der Waals surface area (Å²) in [4.78, 5) is 0. The first-order chi connectivity index (χ1) is 12.3. The summed E-state index contributed by atoms with van der Waals surface area (Å²) in [5.74, 6) is -0.0129. The number of hydrogen-bond acceptors (Lipinski definition) is 13. The van der Waals surface area contributed by atoms with E-state index in [4.69, 9.17) is 14.5 Å². The van der Waals surface area contributed by atoms with Crippen LogP contribution in [0.2, 0.25) is 0 Å². The van der Waals surface area contributed by atoms with Gasteiger partial charge in [-0.3, -0.25) is 4.18 Å². The summed E-state index contributed by atoms with van der Waals surface area (Å²) in [5.41, 5.74) is 0. The van der Waals surface area contributed by atoms with Crippen LogP contribution in [-0.2, 0) is 24.5 Å². The Hall–Kier alpha value is 0.220. The van der Waals surface area contributed by atoms with Crippen molar-refractivity contribution < 1.29 is 59.7 Å². The largest absolute Gasteiger partial charge is 0.394 e. The lowest BCUT2D eigenvalue weighted by atomic mass is 10.0. The van der Waals surface area contributed by atoms with Crippen LogP contribution in [0.15, 0.2) is 0 Å². The molecule has 14 heteroatoms. The maximum Gasteiger partial charge on any atom is 0.198 e. The summed E-state index contributed by atoms with van der Waals surface area (Å²) in [6.45, 7) is -1.29. The molecular formula is C12H25O12S2+. The molecule has 9 N–H and O–H groups in total. The fourth-order valence-electron chi connectivity index (χ4n) is 2.56. The van der Waals surface area contributed by atoms with Crippen LogP contribution in [-0.4, -0.2) is 119 Å². The molecule has 0 aromatic carbocycles. The summed E-state index contributed by atoms with van der Waals surface area (Å²) < 4.78 is 8.92. The molecule has 1 heterocycles. The van der Waals surface area contributed by atoms with Crippen molar-refractivity contribution >= 4 is 23.2 Å². The van der Waals surface area contributed by atoms with Gasteiger partial charge in [0.05, 0.1) is 13.2 Å². The van der Waals surface area contributed by atoms with Crippen molar-refractivity contribution in [1.29, 1.82) is 0 Å². The highest BCUT2D eigenvalue weighted by atomic mass is 32.2. The summed E-state index contributed by atoms with van der Waals surface area (Å²) in [6, 6.07) is 0. The van der Waals surface area contributed by atoms with Gasteiger partial charge in [0, 0.05) is 10.9 Å². The zero-order valence-electron chi connectivity index (χ0n) is 13.5. The molecule has 0 radical (unpaired) electrons. The number of hydrogen-bond donors (Lipinski definition) is 9. The lowest BCUT2D eigenvalue weighted by Gasteiger charge is -2.30. The standard InChI is InChI=1S/C12H24O12S2/c13-1-5(15)10(19)11(20)12(22-25-24-23-21)7(17)4-26-3-6(16)9(18)8(26)2-14/h5-20H,1-4H2/p+1/t5?,6-,7-,8-,9+,10-,11+,12?,26?/m1/s1. The first kappa shape index (κ1) is 24.3. The van der Waals surface area contributed by atoms with E-state index in [1.165, 1.54) is 0 Å². The van der Waals surface area contributed by atoms with Gasteiger partial charge in [-0.15, -0.1) is 4.33 Å². The van der Waals surface area contributed by atoms with Crippen LogP contribution in [0.4, 0.5) is 0 Å². The van der Waals surface area contributed by atoms with E-state index in [1.807, 2.05) is 0 Å². The monoisotopic (exact) mass is 425 g/mol. The third-order valence-electron chi connectivity index (χ3n) is 4.01. The molecule has 1 saturated heterocycles. The Morgan fingerprint density at radius 1 is 1.04 bits per heavy atom. The fourth-order valence-corrected chi connectivity index (χ4v) is 5.63. The Kier molecular flexibility index (Phi) is 11.1. The van der Waals surface area contributed by atoms with Crippen molar-refractivity contribution in [2.45, 2.75) is 48.0 Å². The Labute approximate surface area is 156 Å². The summed E-state index contributed by atoms with van der Waals surface area (Å²) in [5, 5.41) is 88.2. The zero-order chi connectivity index (χ0) is 19.9. The van der Waals surface area contributed by atoms with Crippen molar-refractivity contribution in [2.75, 3.05) is 24.7 Å². The molecule has 1 fully saturated rings. The second-order valence-corrected chi connectivity index (χ2v) is 8.53. The minimum absolute atomic E-state index is 0.0278. The average Bonchev–Trinajstić information content (AvgIpc) is 2.89. The third-order valence-corrected chi connectivity index (χ3v) is 7.25. The van der Waals surface area contributed by atoms with Crippen molar-refractivity contribution in [3.8, 4) is 0 Å². The van der Waals surface area contributed by atoms with Gasteiger partial charge in [0.15, 0.2) is 17.6 Å². The van der Waals surface area contributed by atoms with Gasteiger partial charge in [-0.1, -0.05) is 5.04 Å². The molecule has 0 aromatic heterocycles. The number of rotatable bonds is 12. The molecule has 156 valence electrons. The van der Waals surface area contributed by atoms with Gasteiger partial charge in [0.2, 0.25) is 0 Å². The molecule has 26 heavy (non-hydrogen) atoms. The fraction of sp³-hybridized carbons (Fsp3) is 1.00. The Bertz CT molecular complexity index is 393. The van der Waals surface area contributed by atoms with E-state index in [-0.39, 0.29) is 23.8 Å². The predicted molar refractivity (Wildman–Crippen MR) is 88.4 cm³/mol. The van der Waals surface area contributed by atoms with Gasteiger partial charge in [-0.2, -0.15) is 0 Å². The van der Waals surface area contributed by atoms with E-state index in [0.717, 1.165) is 0 Å². The topological polar surface area (TPSA) is 210 Å². The van der Waals surface area contributed by atoms with Crippen molar-refractivity contribution in [3.63, 3.8) is 0 Å². The predicted octanol–water partition coefficient (Wildman–Crippen LogP) is -4.49. The van der Waals surface area contributed by atoms with E-state index in [1.54, 1.807) is 0 Å². The SMILES string of the molecule is OCC(O)[C@@H](O)[C@H](O)C(OSOOO)[C@H](O)C[S+]1C[C@@H](O)[C@H](O)[C@H]1CO. The molecule has 0 spiro atoms.